The molecule has 0 fully saturated rings. The number of hydrazine groups is 1. The highest BCUT2D eigenvalue weighted by Crippen LogP contribution is 2.08. The van der Waals surface area contributed by atoms with Crippen LogP contribution < -0.4 is 10.4 Å². The number of para-hydroxylation sites is 1. The van der Waals surface area contributed by atoms with E-state index in [0.29, 0.717) is 12.1 Å². The second-order valence-electron chi connectivity index (χ2n) is 3.42. The summed E-state index contributed by atoms with van der Waals surface area (Å²) in [5.41, 5.74) is 2.92. The van der Waals surface area contributed by atoms with Crippen LogP contribution in [0.25, 0.3) is 0 Å². The number of ether oxygens (including phenoxy) is 1. The number of esters is 1. The van der Waals surface area contributed by atoms with Gasteiger partial charge in [0.05, 0.1) is 19.2 Å². The molecule has 0 atom stereocenters. The van der Waals surface area contributed by atoms with Crippen molar-refractivity contribution < 1.29 is 19.1 Å². The summed E-state index contributed by atoms with van der Waals surface area (Å²) in [5.74, 6) is -0.904. The van der Waals surface area contributed by atoms with Crippen LogP contribution in [0, 0.1) is 0 Å². The molecule has 6 heteroatoms. The maximum atomic E-state index is 11.5. The predicted octanol–water partition coefficient (Wildman–Crippen LogP) is 0.634. The summed E-state index contributed by atoms with van der Waals surface area (Å²) in [6.45, 7) is 0. The van der Waals surface area contributed by atoms with E-state index < -0.39 is 11.9 Å². The van der Waals surface area contributed by atoms with E-state index >= 15 is 0 Å². The van der Waals surface area contributed by atoms with Crippen LogP contribution in [0.5, 0.6) is 0 Å². The molecule has 1 N–H and O–H groups in total. The summed E-state index contributed by atoms with van der Waals surface area (Å²) < 4.78 is 4.41. The van der Waals surface area contributed by atoms with E-state index in [2.05, 4.69) is 10.2 Å². The van der Waals surface area contributed by atoms with Gasteiger partial charge < -0.3 is 4.74 Å². The fourth-order valence-electron chi connectivity index (χ4n) is 1.25. The third kappa shape index (κ3) is 4.25. The van der Waals surface area contributed by atoms with E-state index in [9.17, 15) is 14.4 Å². The molecule has 0 saturated carbocycles. The third-order valence-corrected chi connectivity index (χ3v) is 2.17. The molecule has 0 saturated heterocycles. The Labute approximate surface area is 104 Å². The zero-order valence-corrected chi connectivity index (χ0v) is 9.96. The lowest BCUT2D eigenvalue weighted by Crippen LogP contribution is -2.41. The van der Waals surface area contributed by atoms with E-state index in [-0.39, 0.29) is 12.8 Å². The van der Waals surface area contributed by atoms with Crippen molar-refractivity contribution in [3.63, 3.8) is 0 Å². The smallest absolute Gasteiger partial charge is 0.306 e. The fraction of sp³-hybridized carbons (Fsp3) is 0.250. The highest BCUT2D eigenvalue weighted by Gasteiger charge is 2.11. The lowest BCUT2D eigenvalue weighted by molar-refractivity contribution is -0.142. The van der Waals surface area contributed by atoms with Gasteiger partial charge in [-0.3, -0.25) is 19.8 Å². The quantitative estimate of drug-likeness (QED) is 0.456. The van der Waals surface area contributed by atoms with E-state index in [1.807, 2.05) is 0 Å². The summed E-state index contributed by atoms with van der Waals surface area (Å²) in [6, 6.07) is 8.63. The zero-order valence-electron chi connectivity index (χ0n) is 9.96. The molecular weight excluding hydrogens is 236 g/mol. The first-order chi connectivity index (χ1) is 8.67. The van der Waals surface area contributed by atoms with Crippen LogP contribution in [0.1, 0.15) is 12.8 Å². The van der Waals surface area contributed by atoms with Crippen LogP contribution >= 0.6 is 0 Å². The number of hydrogen-bond acceptors (Lipinski definition) is 4. The zero-order chi connectivity index (χ0) is 13.4. The van der Waals surface area contributed by atoms with Gasteiger partial charge in [-0.1, -0.05) is 18.2 Å². The molecule has 0 aromatic heterocycles. The number of methoxy groups -OCH3 is 1. The van der Waals surface area contributed by atoms with Crippen LogP contribution in [0.4, 0.5) is 5.69 Å². The Bertz CT molecular complexity index is 419. The number of nitrogens with one attached hydrogen (secondary N) is 1. The minimum absolute atomic E-state index is 0.0240. The van der Waals surface area contributed by atoms with Gasteiger partial charge in [0.15, 0.2) is 0 Å². The molecule has 0 bridgehead atoms. The highest BCUT2D eigenvalue weighted by atomic mass is 16.5. The van der Waals surface area contributed by atoms with Crippen molar-refractivity contribution >= 4 is 24.0 Å². The van der Waals surface area contributed by atoms with Crippen LogP contribution in [0.2, 0.25) is 0 Å². The second-order valence-corrected chi connectivity index (χ2v) is 3.42. The number of hydrogen-bond donors (Lipinski definition) is 1. The van der Waals surface area contributed by atoms with Crippen molar-refractivity contribution in [1.29, 1.82) is 0 Å². The standard InChI is InChI=1S/C12H14N2O4/c1-18-12(17)8-7-11(16)13-14(9-15)10-5-3-2-4-6-10/h2-6,9H,7-8H2,1H3,(H,13,16). The lowest BCUT2D eigenvalue weighted by Gasteiger charge is -2.17. The summed E-state index contributed by atoms with van der Waals surface area (Å²) in [5, 5.41) is 1.06. The van der Waals surface area contributed by atoms with Gasteiger partial charge in [-0.05, 0) is 12.1 Å². The molecule has 0 radical (unpaired) electrons. The van der Waals surface area contributed by atoms with Gasteiger partial charge in [0, 0.05) is 6.42 Å². The number of anilines is 1. The molecule has 1 aromatic rings. The third-order valence-electron chi connectivity index (χ3n) is 2.17. The molecule has 0 aliphatic rings. The number of carbonyl (C=O) groups is 3. The molecule has 96 valence electrons. The van der Waals surface area contributed by atoms with Crippen molar-refractivity contribution in [3.05, 3.63) is 30.3 Å². The average Bonchev–Trinajstić information content (AvgIpc) is 2.43. The molecule has 1 aromatic carbocycles. The Morgan fingerprint density at radius 1 is 1.28 bits per heavy atom. The Hall–Kier alpha value is -2.37. The molecule has 0 unspecified atom stereocenters. The van der Waals surface area contributed by atoms with Crippen molar-refractivity contribution in [2.75, 3.05) is 12.1 Å². The first-order valence-corrected chi connectivity index (χ1v) is 5.33. The Morgan fingerprint density at radius 2 is 1.94 bits per heavy atom. The largest absolute Gasteiger partial charge is 0.469 e. The monoisotopic (exact) mass is 250 g/mol. The van der Waals surface area contributed by atoms with Gasteiger partial charge >= 0.3 is 5.97 Å². The number of amides is 2. The van der Waals surface area contributed by atoms with Gasteiger partial charge in [-0.25, -0.2) is 5.01 Å². The van der Waals surface area contributed by atoms with Crippen molar-refractivity contribution in [2.24, 2.45) is 0 Å². The van der Waals surface area contributed by atoms with Crippen molar-refractivity contribution in [2.45, 2.75) is 12.8 Å². The average molecular weight is 250 g/mol. The lowest BCUT2D eigenvalue weighted by atomic mass is 10.3. The minimum Gasteiger partial charge on any atom is -0.469 e. The van der Waals surface area contributed by atoms with Crippen LogP contribution in [0.15, 0.2) is 30.3 Å². The Balaban J connectivity index is 2.51. The number of rotatable bonds is 6. The fourth-order valence-corrected chi connectivity index (χ4v) is 1.25. The molecule has 0 aliphatic heterocycles. The Kier molecular flexibility index (Phi) is 5.37. The molecule has 0 aliphatic carbocycles. The summed E-state index contributed by atoms with van der Waals surface area (Å²) in [4.78, 5) is 33.2. The van der Waals surface area contributed by atoms with Gasteiger partial charge in [-0.2, -0.15) is 0 Å². The molecule has 18 heavy (non-hydrogen) atoms. The minimum atomic E-state index is -0.470. The van der Waals surface area contributed by atoms with Crippen molar-refractivity contribution in [3.8, 4) is 0 Å². The van der Waals surface area contributed by atoms with E-state index in [1.165, 1.54) is 7.11 Å². The topological polar surface area (TPSA) is 75.7 Å². The maximum Gasteiger partial charge on any atom is 0.306 e. The molecule has 6 nitrogen and oxygen atoms in total. The first kappa shape index (κ1) is 13.7. The van der Waals surface area contributed by atoms with E-state index in [4.69, 9.17) is 0 Å². The highest BCUT2D eigenvalue weighted by molar-refractivity contribution is 5.86. The summed E-state index contributed by atoms with van der Waals surface area (Å²) >= 11 is 0. The van der Waals surface area contributed by atoms with Crippen LogP contribution in [-0.4, -0.2) is 25.4 Å². The first-order valence-electron chi connectivity index (χ1n) is 5.33. The van der Waals surface area contributed by atoms with E-state index in [0.717, 1.165) is 5.01 Å². The Morgan fingerprint density at radius 3 is 2.50 bits per heavy atom. The van der Waals surface area contributed by atoms with E-state index in [1.54, 1.807) is 30.3 Å². The predicted molar refractivity (Wildman–Crippen MR) is 64.4 cm³/mol. The second kappa shape index (κ2) is 7.05. The van der Waals surface area contributed by atoms with Gasteiger partial charge in [0.25, 0.3) is 0 Å². The van der Waals surface area contributed by atoms with Crippen molar-refractivity contribution in [1.82, 2.24) is 5.43 Å². The molecule has 2 amide bonds. The molecule has 0 heterocycles. The maximum absolute atomic E-state index is 11.5. The molecular formula is C12H14N2O4. The summed E-state index contributed by atoms with van der Waals surface area (Å²) in [7, 11) is 1.25. The molecule has 1 rings (SSSR count). The molecule has 0 spiro atoms. The van der Waals surface area contributed by atoms with Crippen LogP contribution in [-0.2, 0) is 19.1 Å². The van der Waals surface area contributed by atoms with Gasteiger partial charge in [0.1, 0.15) is 0 Å². The SMILES string of the molecule is COC(=O)CCC(=O)NN(C=O)c1ccccc1. The van der Waals surface area contributed by atoms with Gasteiger partial charge in [0.2, 0.25) is 12.3 Å². The number of carbonyl (C=O) groups excluding carboxylic acids is 3. The number of nitrogens with zero attached hydrogens (tertiary/aromatic N) is 1. The number of benzene rings is 1. The summed E-state index contributed by atoms with van der Waals surface area (Å²) in [6.07, 6.45) is 0.430. The van der Waals surface area contributed by atoms with Gasteiger partial charge in [-0.15, -0.1) is 0 Å². The van der Waals surface area contributed by atoms with Crippen LogP contribution in [0.3, 0.4) is 0 Å². The normalized spacial score (nSPS) is 9.39.